The minimum Gasteiger partial charge on any atom is -0.508 e. The summed E-state index contributed by atoms with van der Waals surface area (Å²) in [5, 5.41) is 23.5. The van der Waals surface area contributed by atoms with Crippen molar-refractivity contribution in [3.8, 4) is 11.5 Å². The molecular formula is C25H28F3NO3. The predicted octanol–water partition coefficient (Wildman–Crippen LogP) is 6.91. The van der Waals surface area contributed by atoms with Gasteiger partial charge >= 0.3 is 6.18 Å². The number of hydrogen-bond donors (Lipinski definition) is 3. The van der Waals surface area contributed by atoms with E-state index in [4.69, 9.17) is 0 Å². The van der Waals surface area contributed by atoms with Crippen molar-refractivity contribution in [3.05, 3.63) is 75.9 Å². The Morgan fingerprint density at radius 2 is 1.69 bits per heavy atom. The molecule has 0 spiro atoms. The van der Waals surface area contributed by atoms with Crippen LogP contribution in [0, 0.1) is 6.92 Å². The summed E-state index contributed by atoms with van der Waals surface area (Å²) in [5.74, 6) is -1.15. The highest BCUT2D eigenvalue weighted by molar-refractivity contribution is 6.07. The van der Waals surface area contributed by atoms with Crippen molar-refractivity contribution in [1.29, 1.82) is 0 Å². The number of aromatic hydroxyl groups is 2. The van der Waals surface area contributed by atoms with Gasteiger partial charge < -0.3 is 15.5 Å². The maximum Gasteiger partial charge on any atom is 0.416 e. The van der Waals surface area contributed by atoms with Gasteiger partial charge in [0, 0.05) is 11.3 Å². The van der Waals surface area contributed by atoms with Crippen molar-refractivity contribution in [2.45, 2.75) is 53.1 Å². The molecule has 0 aliphatic heterocycles. The number of benzene rings is 2. The van der Waals surface area contributed by atoms with Gasteiger partial charge in [0.1, 0.15) is 11.5 Å². The van der Waals surface area contributed by atoms with Crippen molar-refractivity contribution >= 4 is 11.6 Å². The topological polar surface area (TPSA) is 69.6 Å². The standard InChI is InChI=1S/C25H28F3NO3/c1-15(2)6-5-7-16(3)8-13-20-21(30)14-17(4)22(23(20)31)24(32)29-19-11-9-18(10-12-19)25(26,27)28/h6,8-12,14,30-31H,5,7,13H2,1-4H3,(H,29,32)/b16-8+. The molecule has 0 bridgehead atoms. The average molecular weight is 447 g/mol. The van der Waals surface area contributed by atoms with Crippen LogP contribution in [0.25, 0.3) is 0 Å². The van der Waals surface area contributed by atoms with Gasteiger partial charge in [0.25, 0.3) is 5.91 Å². The van der Waals surface area contributed by atoms with E-state index in [0.717, 1.165) is 42.7 Å². The van der Waals surface area contributed by atoms with E-state index in [1.807, 2.05) is 26.8 Å². The second kappa shape index (κ2) is 10.4. The Morgan fingerprint density at radius 3 is 2.25 bits per heavy atom. The number of allylic oxidation sites excluding steroid dienone is 4. The lowest BCUT2D eigenvalue weighted by Gasteiger charge is -2.15. The number of halogens is 3. The lowest BCUT2D eigenvalue weighted by atomic mass is 9.98. The first-order valence-electron chi connectivity index (χ1n) is 10.2. The summed E-state index contributed by atoms with van der Waals surface area (Å²) in [6.07, 6.45) is 1.50. The molecule has 3 N–H and O–H groups in total. The molecule has 0 heterocycles. The molecule has 0 saturated carbocycles. The van der Waals surface area contributed by atoms with Gasteiger partial charge in [-0.2, -0.15) is 13.2 Å². The van der Waals surface area contributed by atoms with Gasteiger partial charge in [-0.05, 0) is 82.9 Å². The first-order chi connectivity index (χ1) is 14.9. The molecule has 4 nitrogen and oxygen atoms in total. The lowest BCUT2D eigenvalue weighted by molar-refractivity contribution is -0.137. The van der Waals surface area contributed by atoms with E-state index < -0.39 is 17.6 Å². The number of amides is 1. The Labute approximate surface area is 186 Å². The van der Waals surface area contributed by atoms with Crippen LogP contribution >= 0.6 is 0 Å². The van der Waals surface area contributed by atoms with Crippen molar-refractivity contribution in [2.75, 3.05) is 5.32 Å². The summed E-state index contributed by atoms with van der Waals surface area (Å²) >= 11 is 0. The number of aryl methyl sites for hydroxylation is 1. The molecule has 7 heteroatoms. The van der Waals surface area contributed by atoms with E-state index in [1.165, 1.54) is 11.6 Å². The minimum absolute atomic E-state index is 0.0340. The molecule has 0 aliphatic rings. The third-order valence-corrected chi connectivity index (χ3v) is 5.02. The van der Waals surface area contributed by atoms with E-state index in [2.05, 4.69) is 11.4 Å². The molecule has 2 aromatic rings. The number of anilines is 1. The summed E-state index contributed by atoms with van der Waals surface area (Å²) in [5.41, 5.74) is 2.17. The smallest absolute Gasteiger partial charge is 0.416 e. The van der Waals surface area contributed by atoms with Crippen LogP contribution in [0.15, 0.2) is 53.6 Å². The number of rotatable bonds is 7. The maximum absolute atomic E-state index is 12.7. The Balaban J connectivity index is 2.23. The first-order valence-corrected chi connectivity index (χ1v) is 10.2. The molecule has 0 unspecified atom stereocenters. The van der Waals surface area contributed by atoms with E-state index in [1.54, 1.807) is 6.92 Å². The van der Waals surface area contributed by atoms with Gasteiger partial charge in [0.2, 0.25) is 0 Å². The van der Waals surface area contributed by atoms with Crippen molar-refractivity contribution in [3.63, 3.8) is 0 Å². The summed E-state index contributed by atoms with van der Waals surface area (Å²) in [6, 6.07) is 5.42. The molecule has 2 aromatic carbocycles. The van der Waals surface area contributed by atoms with Crippen molar-refractivity contribution in [1.82, 2.24) is 0 Å². The fraction of sp³-hybridized carbons (Fsp3) is 0.320. The third kappa shape index (κ3) is 6.64. The Bertz CT molecular complexity index is 1030. The zero-order chi connectivity index (χ0) is 24.1. The second-order valence-electron chi connectivity index (χ2n) is 8.02. The molecule has 2 rings (SSSR count). The number of carbonyl (C=O) groups excluding carboxylic acids is 1. The number of phenolic OH excluding ortho intramolecular Hbond substituents is 2. The monoisotopic (exact) mass is 447 g/mol. The molecule has 0 fully saturated rings. The molecule has 1 amide bonds. The molecular weight excluding hydrogens is 419 g/mol. The molecule has 0 aromatic heterocycles. The maximum atomic E-state index is 12.7. The molecule has 32 heavy (non-hydrogen) atoms. The van der Waals surface area contributed by atoms with Crippen LogP contribution < -0.4 is 5.32 Å². The van der Waals surface area contributed by atoms with Crippen LogP contribution in [0.1, 0.15) is 60.7 Å². The van der Waals surface area contributed by atoms with Crippen LogP contribution in [0.3, 0.4) is 0 Å². The summed E-state index contributed by atoms with van der Waals surface area (Å²) in [6.45, 7) is 7.57. The second-order valence-corrected chi connectivity index (χ2v) is 8.02. The van der Waals surface area contributed by atoms with Gasteiger partial charge in [-0.15, -0.1) is 0 Å². The first kappa shape index (κ1) is 25.0. The van der Waals surface area contributed by atoms with E-state index in [9.17, 15) is 28.2 Å². The number of hydrogen-bond acceptors (Lipinski definition) is 3. The Hall–Kier alpha value is -3.22. The number of phenols is 2. The molecule has 0 saturated heterocycles. The van der Waals surface area contributed by atoms with Crippen LogP contribution in [-0.2, 0) is 12.6 Å². The van der Waals surface area contributed by atoms with E-state index in [-0.39, 0.29) is 34.7 Å². The van der Waals surface area contributed by atoms with Crippen LogP contribution in [0.5, 0.6) is 11.5 Å². The minimum atomic E-state index is -4.47. The summed E-state index contributed by atoms with van der Waals surface area (Å²) in [7, 11) is 0. The van der Waals surface area contributed by atoms with Gasteiger partial charge in [-0.25, -0.2) is 0 Å². The number of alkyl halides is 3. The average Bonchev–Trinajstić information content (AvgIpc) is 2.66. The van der Waals surface area contributed by atoms with Crippen molar-refractivity contribution < 1.29 is 28.2 Å². The van der Waals surface area contributed by atoms with Crippen LogP contribution in [-0.4, -0.2) is 16.1 Å². The van der Waals surface area contributed by atoms with Crippen molar-refractivity contribution in [2.24, 2.45) is 0 Å². The van der Waals surface area contributed by atoms with Gasteiger partial charge in [0.15, 0.2) is 0 Å². The fourth-order valence-corrected chi connectivity index (χ4v) is 3.21. The zero-order valence-electron chi connectivity index (χ0n) is 18.6. The van der Waals surface area contributed by atoms with Gasteiger partial charge in [0.05, 0.1) is 11.1 Å². The number of carbonyl (C=O) groups is 1. The third-order valence-electron chi connectivity index (χ3n) is 5.02. The highest BCUT2D eigenvalue weighted by atomic mass is 19.4. The van der Waals surface area contributed by atoms with Gasteiger partial charge in [-0.3, -0.25) is 4.79 Å². The lowest BCUT2D eigenvalue weighted by Crippen LogP contribution is -2.15. The van der Waals surface area contributed by atoms with E-state index >= 15 is 0 Å². The molecule has 172 valence electrons. The van der Waals surface area contributed by atoms with E-state index in [0.29, 0.717) is 5.56 Å². The highest BCUT2D eigenvalue weighted by Crippen LogP contribution is 2.35. The van der Waals surface area contributed by atoms with Crippen LogP contribution in [0.2, 0.25) is 0 Å². The zero-order valence-corrected chi connectivity index (χ0v) is 18.6. The number of nitrogens with one attached hydrogen (secondary N) is 1. The largest absolute Gasteiger partial charge is 0.508 e. The molecule has 0 radical (unpaired) electrons. The Kier molecular flexibility index (Phi) is 8.14. The quantitative estimate of drug-likeness (QED) is 0.404. The Morgan fingerprint density at radius 1 is 1.06 bits per heavy atom. The SMILES string of the molecule is CC(C)=CCC/C(C)=C/Cc1c(O)cc(C)c(C(=O)Nc2ccc(C(F)(F)F)cc2)c1O. The van der Waals surface area contributed by atoms with Crippen LogP contribution in [0.4, 0.5) is 18.9 Å². The molecule has 0 aliphatic carbocycles. The summed E-state index contributed by atoms with van der Waals surface area (Å²) in [4.78, 5) is 12.7. The fourth-order valence-electron chi connectivity index (χ4n) is 3.21. The normalized spacial score (nSPS) is 11.9. The predicted molar refractivity (Wildman–Crippen MR) is 120 cm³/mol. The highest BCUT2D eigenvalue weighted by Gasteiger charge is 2.30. The van der Waals surface area contributed by atoms with Gasteiger partial charge in [-0.1, -0.05) is 23.3 Å². The molecule has 0 atom stereocenters. The summed E-state index contributed by atoms with van der Waals surface area (Å²) < 4.78 is 38.2.